The normalized spacial score (nSPS) is 16.6. The number of amides is 3. The molecule has 1 aliphatic rings. The number of halogens is 1. The molecule has 4 N–H and O–H groups in total. The Morgan fingerprint density at radius 2 is 1.91 bits per heavy atom. The molecule has 170 valence electrons. The van der Waals surface area contributed by atoms with Crippen molar-refractivity contribution >= 4 is 29.3 Å². The molecule has 1 atom stereocenters. The van der Waals surface area contributed by atoms with Gasteiger partial charge in [0.2, 0.25) is 11.8 Å². The molecule has 0 radical (unpaired) electrons. The Bertz CT molecular complexity index is 954. The van der Waals surface area contributed by atoms with Crippen molar-refractivity contribution in [3.63, 3.8) is 0 Å². The van der Waals surface area contributed by atoms with Gasteiger partial charge in [0, 0.05) is 18.1 Å². The summed E-state index contributed by atoms with van der Waals surface area (Å²) in [4.78, 5) is 39.4. The van der Waals surface area contributed by atoms with Crippen LogP contribution in [0.15, 0.2) is 48.5 Å². The minimum Gasteiger partial charge on any atom is -0.491 e. The van der Waals surface area contributed by atoms with Crippen LogP contribution in [0.1, 0.15) is 22.3 Å². The Kier molecular flexibility index (Phi) is 8.47. The maximum Gasteiger partial charge on any atom is 0.255 e. The Hall–Kier alpha value is -3.10. The van der Waals surface area contributed by atoms with Crippen molar-refractivity contribution in [3.8, 4) is 5.75 Å². The van der Waals surface area contributed by atoms with E-state index >= 15 is 0 Å². The largest absolute Gasteiger partial charge is 0.491 e. The first-order valence-corrected chi connectivity index (χ1v) is 10.9. The highest BCUT2D eigenvalue weighted by Crippen LogP contribution is 2.23. The number of hydrogen-bond donors (Lipinski definition) is 3. The summed E-state index contributed by atoms with van der Waals surface area (Å²) in [6.07, 6.45) is 0.833. The topological polar surface area (TPSA) is 114 Å². The molecule has 0 saturated heterocycles. The zero-order valence-corrected chi connectivity index (χ0v) is 18.4. The minimum atomic E-state index is -0.768. The summed E-state index contributed by atoms with van der Waals surface area (Å²) in [7, 11) is 0. The number of benzene rings is 2. The number of carbonyl (C=O) groups is 3. The molecular weight excluding hydrogens is 432 g/mol. The molecule has 0 unspecified atom stereocenters. The molecule has 9 heteroatoms. The van der Waals surface area contributed by atoms with E-state index in [2.05, 4.69) is 10.6 Å². The maximum absolute atomic E-state index is 12.9. The van der Waals surface area contributed by atoms with Crippen molar-refractivity contribution in [2.75, 3.05) is 32.8 Å². The summed E-state index contributed by atoms with van der Waals surface area (Å²) in [5, 5.41) is 5.97. The highest BCUT2D eigenvalue weighted by Gasteiger charge is 2.23. The highest BCUT2D eigenvalue weighted by molar-refractivity contribution is 6.31. The fraction of sp³-hybridized carbons (Fsp3) is 0.348. The maximum atomic E-state index is 12.9. The molecule has 8 nitrogen and oxygen atoms in total. The van der Waals surface area contributed by atoms with E-state index in [1.807, 2.05) is 30.3 Å². The van der Waals surface area contributed by atoms with Gasteiger partial charge in [-0.05, 0) is 36.6 Å². The molecule has 0 aromatic heterocycles. The van der Waals surface area contributed by atoms with Gasteiger partial charge in [0.1, 0.15) is 12.4 Å². The summed E-state index contributed by atoms with van der Waals surface area (Å²) in [5.41, 5.74) is 7.42. The van der Waals surface area contributed by atoms with E-state index in [-0.39, 0.29) is 44.0 Å². The van der Waals surface area contributed by atoms with Crippen molar-refractivity contribution in [2.45, 2.75) is 18.9 Å². The lowest BCUT2D eigenvalue weighted by atomic mass is 10.1. The van der Waals surface area contributed by atoms with Crippen LogP contribution in [0.4, 0.5) is 0 Å². The summed E-state index contributed by atoms with van der Waals surface area (Å²) in [5.74, 6) is -0.536. The van der Waals surface area contributed by atoms with Crippen LogP contribution in [0.3, 0.4) is 0 Å². The Morgan fingerprint density at radius 3 is 2.69 bits per heavy atom. The number of carbonyl (C=O) groups excluding carboxylic acids is 3. The predicted octanol–water partition coefficient (Wildman–Crippen LogP) is 1.37. The zero-order chi connectivity index (χ0) is 22.9. The molecule has 0 aliphatic carbocycles. The molecule has 3 amide bonds. The number of hydrogen-bond acceptors (Lipinski definition) is 5. The number of ether oxygens (including phenoxy) is 1. The Balaban J connectivity index is 1.67. The number of fused-ring (bicyclic) bond motifs is 1. The van der Waals surface area contributed by atoms with Crippen LogP contribution in [-0.4, -0.2) is 61.4 Å². The molecule has 3 rings (SSSR count). The number of nitrogens with zero attached hydrogens (tertiary/aromatic N) is 1. The first-order chi connectivity index (χ1) is 15.4. The second-order valence-corrected chi connectivity index (χ2v) is 7.94. The third-order valence-electron chi connectivity index (χ3n) is 5.02. The standard InChI is InChI=1S/C23H27ClN4O4/c24-17-7-8-20-18(14-17)22(30)27-9-4-11-28(15-21(29)26-10-12-32-20)23(31)19(25)13-16-5-2-1-3-6-16/h1-3,5-8,14,19H,4,9-13,15,25H2,(H,26,29)(H,27,30)/t19-/m0/s1. The van der Waals surface area contributed by atoms with E-state index in [9.17, 15) is 14.4 Å². The second-order valence-electron chi connectivity index (χ2n) is 7.50. The van der Waals surface area contributed by atoms with Gasteiger partial charge < -0.3 is 26.0 Å². The fourth-order valence-electron chi connectivity index (χ4n) is 3.41. The third-order valence-corrected chi connectivity index (χ3v) is 5.26. The van der Waals surface area contributed by atoms with E-state index in [0.717, 1.165) is 5.56 Å². The van der Waals surface area contributed by atoms with E-state index in [1.54, 1.807) is 12.1 Å². The lowest BCUT2D eigenvalue weighted by Gasteiger charge is -2.26. The van der Waals surface area contributed by atoms with Crippen LogP contribution in [-0.2, 0) is 16.0 Å². The van der Waals surface area contributed by atoms with Gasteiger partial charge in [0.05, 0.1) is 24.7 Å². The van der Waals surface area contributed by atoms with Gasteiger partial charge in [-0.25, -0.2) is 0 Å². The number of nitrogens with one attached hydrogen (secondary N) is 2. The van der Waals surface area contributed by atoms with Crippen molar-refractivity contribution in [1.29, 1.82) is 0 Å². The van der Waals surface area contributed by atoms with E-state index in [0.29, 0.717) is 35.7 Å². The van der Waals surface area contributed by atoms with Crippen LogP contribution >= 0.6 is 11.6 Å². The molecule has 0 fully saturated rings. The quantitative estimate of drug-likeness (QED) is 0.642. The van der Waals surface area contributed by atoms with Gasteiger partial charge in [-0.1, -0.05) is 41.9 Å². The van der Waals surface area contributed by atoms with Gasteiger partial charge >= 0.3 is 0 Å². The number of rotatable bonds is 3. The molecule has 1 heterocycles. The van der Waals surface area contributed by atoms with Crippen LogP contribution < -0.4 is 21.1 Å². The van der Waals surface area contributed by atoms with Gasteiger partial charge in [0.25, 0.3) is 5.91 Å². The minimum absolute atomic E-state index is 0.110. The predicted molar refractivity (Wildman–Crippen MR) is 122 cm³/mol. The lowest BCUT2D eigenvalue weighted by molar-refractivity contribution is -0.137. The molecular formula is C23H27ClN4O4. The first kappa shape index (κ1) is 23.6. The monoisotopic (exact) mass is 458 g/mol. The van der Waals surface area contributed by atoms with Crippen molar-refractivity contribution < 1.29 is 19.1 Å². The van der Waals surface area contributed by atoms with E-state index in [1.165, 1.54) is 11.0 Å². The Morgan fingerprint density at radius 1 is 1.12 bits per heavy atom. The molecule has 32 heavy (non-hydrogen) atoms. The zero-order valence-electron chi connectivity index (χ0n) is 17.7. The van der Waals surface area contributed by atoms with Crippen LogP contribution in [0.25, 0.3) is 0 Å². The van der Waals surface area contributed by atoms with Gasteiger partial charge in [-0.15, -0.1) is 0 Å². The second kappa shape index (κ2) is 11.5. The summed E-state index contributed by atoms with van der Waals surface area (Å²) >= 11 is 6.03. The molecule has 0 bridgehead atoms. The first-order valence-electron chi connectivity index (χ1n) is 10.5. The smallest absolute Gasteiger partial charge is 0.255 e. The van der Waals surface area contributed by atoms with Crippen LogP contribution in [0.5, 0.6) is 5.75 Å². The third kappa shape index (κ3) is 6.70. The van der Waals surface area contributed by atoms with E-state index in [4.69, 9.17) is 22.1 Å². The molecule has 2 aromatic rings. The summed E-state index contributed by atoms with van der Waals surface area (Å²) in [6, 6.07) is 13.5. The number of nitrogens with two attached hydrogens (primary N) is 1. The van der Waals surface area contributed by atoms with Crippen molar-refractivity contribution in [3.05, 3.63) is 64.7 Å². The van der Waals surface area contributed by atoms with Gasteiger partial charge in [0.15, 0.2) is 0 Å². The summed E-state index contributed by atoms with van der Waals surface area (Å²) < 4.78 is 5.65. The van der Waals surface area contributed by atoms with Crippen molar-refractivity contribution in [2.24, 2.45) is 5.73 Å². The summed E-state index contributed by atoms with van der Waals surface area (Å²) in [6.45, 7) is 0.870. The van der Waals surface area contributed by atoms with Crippen molar-refractivity contribution in [1.82, 2.24) is 15.5 Å². The van der Waals surface area contributed by atoms with Crippen LogP contribution in [0.2, 0.25) is 5.02 Å². The highest BCUT2D eigenvalue weighted by atomic mass is 35.5. The Labute approximate surface area is 192 Å². The average Bonchev–Trinajstić information content (AvgIpc) is 2.79. The molecule has 0 spiro atoms. The molecule has 2 aromatic carbocycles. The average molecular weight is 459 g/mol. The SMILES string of the molecule is N[C@@H](Cc1ccccc1)C(=O)N1CCCNC(=O)c2cc(Cl)ccc2OCCNC(=O)C1. The van der Waals surface area contributed by atoms with E-state index < -0.39 is 6.04 Å². The fourth-order valence-corrected chi connectivity index (χ4v) is 3.58. The molecule has 0 saturated carbocycles. The van der Waals surface area contributed by atoms with Gasteiger partial charge in [-0.2, -0.15) is 0 Å². The lowest BCUT2D eigenvalue weighted by Crippen LogP contribution is -2.49. The molecule has 1 aliphatic heterocycles. The van der Waals surface area contributed by atoms with Gasteiger partial charge in [-0.3, -0.25) is 14.4 Å². The van der Waals surface area contributed by atoms with Crippen LogP contribution in [0, 0.1) is 0 Å².